The van der Waals surface area contributed by atoms with Crippen LogP contribution in [-0.2, 0) is 7.05 Å². The second kappa shape index (κ2) is 4.31. The van der Waals surface area contributed by atoms with E-state index in [-0.39, 0.29) is 5.11 Å². The molecule has 5 nitrogen and oxygen atoms in total. The lowest BCUT2D eigenvalue weighted by molar-refractivity contribution is 0.186. The van der Waals surface area contributed by atoms with Crippen LogP contribution in [0.5, 0.6) is 0 Å². The van der Waals surface area contributed by atoms with Gasteiger partial charge < -0.3 is 20.7 Å². The summed E-state index contributed by atoms with van der Waals surface area (Å²) in [4.78, 5) is 4.37. The number of hydrogen-bond acceptors (Lipinski definition) is 3. The van der Waals surface area contributed by atoms with Crippen LogP contribution >= 0.6 is 12.2 Å². The molecule has 0 bridgehead atoms. The lowest BCUT2D eigenvalue weighted by atomic mass is 10.3. The predicted molar refractivity (Wildman–Crippen MR) is 71.8 cm³/mol. The van der Waals surface area contributed by atoms with Crippen LogP contribution in [0.2, 0.25) is 0 Å². The molecular formula is C11H14N4OS. The first-order chi connectivity index (χ1) is 7.99. The highest BCUT2D eigenvalue weighted by molar-refractivity contribution is 7.80. The van der Waals surface area contributed by atoms with Crippen LogP contribution in [-0.4, -0.2) is 19.8 Å². The highest BCUT2D eigenvalue weighted by Crippen LogP contribution is 2.22. The van der Waals surface area contributed by atoms with E-state index in [2.05, 4.69) is 10.3 Å². The van der Waals surface area contributed by atoms with E-state index in [1.54, 1.807) is 6.92 Å². The first-order valence-corrected chi connectivity index (χ1v) is 5.60. The number of aromatic nitrogens is 2. The van der Waals surface area contributed by atoms with E-state index in [0.717, 1.165) is 16.7 Å². The first kappa shape index (κ1) is 11.8. The number of fused-ring (bicyclic) bond motifs is 1. The summed E-state index contributed by atoms with van der Waals surface area (Å²) < 4.78 is 1.87. The lowest BCUT2D eigenvalue weighted by Crippen LogP contribution is -2.18. The minimum Gasteiger partial charge on any atom is -0.385 e. The first-order valence-electron chi connectivity index (χ1n) is 5.20. The van der Waals surface area contributed by atoms with Gasteiger partial charge >= 0.3 is 0 Å². The molecule has 6 heteroatoms. The molecule has 1 aromatic carbocycles. The van der Waals surface area contributed by atoms with Gasteiger partial charge in [0.25, 0.3) is 0 Å². The second-order valence-corrected chi connectivity index (χ2v) is 4.34. The maximum absolute atomic E-state index is 9.58. The molecule has 2 rings (SSSR count). The Kier molecular flexibility index (Phi) is 2.99. The van der Waals surface area contributed by atoms with E-state index in [9.17, 15) is 5.11 Å². The lowest BCUT2D eigenvalue weighted by Gasteiger charge is -2.04. The van der Waals surface area contributed by atoms with E-state index in [1.807, 2.05) is 29.8 Å². The van der Waals surface area contributed by atoms with Crippen molar-refractivity contribution in [3.8, 4) is 0 Å². The largest absolute Gasteiger partial charge is 0.385 e. The minimum atomic E-state index is -0.598. The molecule has 0 spiro atoms. The number of nitrogens with two attached hydrogens (primary N) is 1. The van der Waals surface area contributed by atoms with Crippen LogP contribution in [0, 0.1) is 0 Å². The van der Waals surface area contributed by atoms with Gasteiger partial charge in [0.05, 0.1) is 11.0 Å². The Balaban J connectivity index is 2.51. The summed E-state index contributed by atoms with van der Waals surface area (Å²) in [7, 11) is 1.87. The maximum Gasteiger partial charge on any atom is 0.168 e. The number of nitrogens with zero attached hydrogens (tertiary/aromatic N) is 2. The third-order valence-electron chi connectivity index (χ3n) is 2.56. The zero-order chi connectivity index (χ0) is 12.6. The molecule has 0 aliphatic heterocycles. The smallest absolute Gasteiger partial charge is 0.168 e. The highest BCUT2D eigenvalue weighted by atomic mass is 32.1. The van der Waals surface area contributed by atoms with Crippen molar-refractivity contribution in [2.45, 2.75) is 13.0 Å². The molecule has 1 atom stereocenters. The van der Waals surface area contributed by atoms with Crippen molar-refractivity contribution < 1.29 is 5.11 Å². The molecular weight excluding hydrogens is 236 g/mol. The number of imidazole rings is 1. The van der Waals surface area contributed by atoms with Crippen molar-refractivity contribution in [2.24, 2.45) is 12.8 Å². The van der Waals surface area contributed by atoms with E-state index in [1.165, 1.54) is 0 Å². The number of anilines is 1. The molecule has 17 heavy (non-hydrogen) atoms. The van der Waals surface area contributed by atoms with Gasteiger partial charge in [-0.3, -0.25) is 0 Å². The van der Waals surface area contributed by atoms with Crippen molar-refractivity contribution in [2.75, 3.05) is 5.32 Å². The van der Waals surface area contributed by atoms with Crippen LogP contribution in [0.1, 0.15) is 18.9 Å². The van der Waals surface area contributed by atoms with Crippen molar-refractivity contribution in [3.63, 3.8) is 0 Å². The van der Waals surface area contributed by atoms with Crippen molar-refractivity contribution in [1.29, 1.82) is 0 Å². The summed E-state index contributed by atoms with van der Waals surface area (Å²) in [5.41, 5.74) is 7.95. The van der Waals surface area contributed by atoms with Crippen LogP contribution in [0.3, 0.4) is 0 Å². The molecule has 0 fully saturated rings. The molecule has 1 aromatic heterocycles. The second-order valence-electron chi connectivity index (χ2n) is 3.90. The molecule has 0 amide bonds. The Bertz CT molecular complexity index is 576. The molecule has 0 saturated heterocycles. The number of thiocarbonyl (C=S) groups is 1. The van der Waals surface area contributed by atoms with Crippen molar-refractivity contribution >= 4 is 34.1 Å². The van der Waals surface area contributed by atoms with Gasteiger partial charge in [0.1, 0.15) is 11.9 Å². The van der Waals surface area contributed by atoms with Crippen molar-refractivity contribution in [1.82, 2.24) is 9.55 Å². The van der Waals surface area contributed by atoms with E-state index >= 15 is 0 Å². The Labute approximate surface area is 104 Å². The standard InChI is InChI=1S/C11H14N4OS/c1-6(16)10-14-8-5-7(13-11(12)17)3-4-9(8)15(10)2/h3-6,16H,1-2H3,(H3,12,13,17). The number of nitrogens with one attached hydrogen (secondary N) is 1. The summed E-state index contributed by atoms with van der Waals surface area (Å²) in [6, 6.07) is 5.63. The van der Waals surface area contributed by atoms with Gasteiger partial charge in [-0.05, 0) is 37.3 Å². The Morgan fingerprint density at radius 1 is 1.59 bits per heavy atom. The molecule has 0 saturated carbocycles. The monoisotopic (exact) mass is 250 g/mol. The van der Waals surface area contributed by atoms with Gasteiger partial charge in [-0.15, -0.1) is 0 Å². The summed E-state index contributed by atoms with van der Waals surface area (Å²) in [5, 5.41) is 12.7. The molecule has 0 aliphatic carbocycles. The number of benzene rings is 1. The molecule has 90 valence electrons. The van der Waals surface area contributed by atoms with Crippen LogP contribution in [0.15, 0.2) is 18.2 Å². The number of rotatable bonds is 2. The Morgan fingerprint density at radius 3 is 2.88 bits per heavy atom. The van der Waals surface area contributed by atoms with Crippen LogP contribution in [0.4, 0.5) is 5.69 Å². The third kappa shape index (κ3) is 2.22. The van der Waals surface area contributed by atoms with Gasteiger partial charge in [0.2, 0.25) is 0 Å². The van der Waals surface area contributed by atoms with E-state index in [4.69, 9.17) is 18.0 Å². The normalized spacial score (nSPS) is 12.6. The highest BCUT2D eigenvalue weighted by Gasteiger charge is 2.12. The topological polar surface area (TPSA) is 76.1 Å². The van der Waals surface area contributed by atoms with Gasteiger partial charge in [0.15, 0.2) is 5.11 Å². The van der Waals surface area contributed by atoms with Gasteiger partial charge in [-0.1, -0.05) is 0 Å². The molecule has 1 unspecified atom stereocenters. The van der Waals surface area contributed by atoms with E-state index < -0.39 is 6.10 Å². The summed E-state index contributed by atoms with van der Waals surface area (Å²) in [6.45, 7) is 1.69. The fourth-order valence-corrected chi connectivity index (χ4v) is 1.93. The predicted octanol–water partition coefficient (Wildman–Crippen LogP) is 1.28. The SMILES string of the molecule is CC(O)c1nc2cc(NC(N)=S)ccc2n1C. The fraction of sp³-hybridized carbons (Fsp3) is 0.273. The zero-order valence-electron chi connectivity index (χ0n) is 9.64. The molecule has 1 heterocycles. The molecule has 0 radical (unpaired) electrons. The summed E-state index contributed by atoms with van der Waals surface area (Å²) >= 11 is 4.77. The van der Waals surface area contributed by atoms with Crippen LogP contribution < -0.4 is 11.1 Å². The zero-order valence-corrected chi connectivity index (χ0v) is 10.5. The Hall–Kier alpha value is -1.66. The quantitative estimate of drug-likeness (QED) is 0.700. The minimum absolute atomic E-state index is 0.219. The van der Waals surface area contributed by atoms with E-state index in [0.29, 0.717) is 5.82 Å². The number of aliphatic hydroxyl groups excluding tert-OH is 1. The molecule has 2 aromatic rings. The van der Waals surface area contributed by atoms with Gasteiger partial charge in [0, 0.05) is 12.7 Å². The van der Waals surface area contributed by atoms with Gasteiger partial charge in [-0.25, -0.2) is 4.98 Å². The third-order valence-corrected chi connectivity index (χ3v) is 2.66. The Morgan fingerprint density at radius 2 is 2.29 bits per heavy atom. The van der Waals surface area contributed by atoms with Gasteiger partial charge in [-0.2, -0.15) is 0 Å². The average molecular weight is 250 g/mol. The summed E-state index contributed by atoms with van der Waals surface area (Å²) in [6.07, 6.45) is -0.598. The maximum atomic E-state index is 9.58. The number of hydrogen-bond donors (Lipinski definition) is 3. The van der Waals surface area contributed by atoms with Crippen LogP contribution in [0.25, 0.3) is 11.0 Å². The summed E-state index contributed by atoms with van der Waals surface area (Å²) in [5.74, 6) is 0.632. The molecule has 4 N–H and O–H groups in total. The fourth-order valence-electron chi connectivity index (χ4n) is 1.81. The number of aryl methyl sites for hydroxylation is 1. The van der Waals surface area contributed by atoms with Crippen molar-refractivity contribution in [3.05, 3.63) is 24.0 Å². The number of aliphatic hydroxyl groups is 1. The molecule has 0 aliphatic rings. The average Bonchev–Trinajstić information content (AvgIpc) is 2.55.